The smallest absolute Gasteiger partial charge is 0.293 e. The molecule has 0 saturated carbocycles. The number of rotatable bonds is 8. The highest BCUT2D eigenvalue weighted by atomic mass is 35.5. The lowest BCUT2D eigenvalue weighted by Gasteiger charge is -2.15. The van der Waals surface area contributed by atoms with Gasteiger partial charge in [-0.2, -0.15) is 0 Å². The van der Waals surface area contributed by atoms with Crippen molar-refractivity contribution in [3.05, 3.63) is 98.8 Å². The van der Waals surface area contributed by atoms with E-state index in [0.717, 1.165) is 11.6 Å². The Balaban J connectivity index is 1.62. The van der Waals surface area contributed by atoms with Crippen LogP contribution >= 0.6 is 11.6 Å². The minimum absolute atomic E-state index is 0.0574. The lowest BCUT2D eigenvalue weighted by molar-refractivity contribution is -0.384. The highest BCUT2D eigenvalue weighted by Gasteiger charge is 2.20. The average molecular weight is 487 g/mol. The van der Waals surface area contributed by atoms with E-state index in [1.807, 2.05) is 0 Å². The fourth-order valence-electron chi connectivity index (χ4n) is 2.88. The van der Waals surface area contributed by atoms with E-state index < -0.39 is 28.7 Å². The predicted molar refractivity (Wildman–Crippen MR) is 124 cm³/mol. The molecule has 0 aromatic heterocycles. The van der Waals surface area contributed by atoms with Crippen LogP contribution in [0.1, 0.15) is 22.8 Å². The molecule has 1 atom stereocenters. The Labute approximate surface area is 199 Å². The minimum Gasteiger partial charge on any atom is -0.478 e. The van der Waals surface area contributed by atoms with Crippen molar-refractivity contribution in [2.45, 2.75) is 19.6 Å². The third-order valence-electron chi connectivity index (χ3n) is 4.69. The topological polar surface area (TPSA) is 123 Å². The normalized spacial score (nSPS) is 11.3. The van der Waals surface area contributed by atoms with Crippen molar-refractivity contribution in [2.75, 3.05) is 5.32 Å². The Bertz CT molecular complexity index is 1220. The van der Waals surface area contributed by atoms with Gasteiger partial charge in [-0.1, -0.05) is 41.9 Å². The first kappa shape index (κ1) is 24.5. The summed E-state index contributed by atoms with van der Waals surface area (Å²) < 4.78 is 18.9. The maximum Gasteiger partial charge on any atom is 0.293 e. The van der Waals surface area contributed by atoms with E-state index in [1.165, 1.54) is 37.3 Å². The second-order valence-corrected chi connectivity index (χ2v) is 7.48. The van der Waals surface area contributed by atoms with Gasteiger partial charge in [0.15, 0.2) is 17.7 Å². The van der Waals surface area contributed by atoms with Crippen LogP contribution in [0.5, 0.6) is 5.75 Å². The van der Waals surface area contributed by atoms with Crippen LogP contribution in [-0.2, 0) is 11.3 Å². The van der Waals surface area contributed by atoms with Crippen LogP contribution in [-0.4, -0.2) is 22.8 Å². The molecule has 9 nitrogen and oxygen atoms in total. The molecule has 11 heteroatoms. The number of carbonyl (C=O) groups excluding carboxylic acids is 2. The SMILES string of the molecule is CC(Oc1ccccc1F)C(=O)NNC(=O)c1ccc(NCc2ccccc2Cl)c([N+](=O)[O-])c1. The van der Waals surface area contributed by atoms with E-state index in [-0.39, 0.29) is 29.2 Å². The second kappa shape index (κ2) is 11.1. The molecule has 0 aliphatic heterocycles. The number of nitro benzene ring substituents is 1. The van der Waals surface area contributed by atoms with Gasteiger partial charge in [0.25, 0.3) is 17.5 Å². The summed E-state index contributed by atoms with van der Waals surface area (Å²) in [5, 5.41) is 15.0. The van der Waals surface area contributed by atoms with Gasteiger partial charge >= 0.3 is 0 Å². The van der Waals surface area contributed by atoms with E-state index in [1.54, 1.807) is 30.3 Å². The van der Waals surface area contributed by atoms with Crippen molar-refractivity contribution in [1.29, 1.82) is 0 Å². The number of halogens is 2. The van der Waals surface area contributed by atoms with E-state index >= 15 is 0 Å². The summed E-state index contributed by atoms with van der Waals surface area (Å²) in [5.41, 5.74) is 4.86. The third kappa shape index (κ3) is 6.20. The molecule has 3 aromatic rings. The number of hydrazine groups is 1. The van der Waals surface area contributed by atoms with Crippen molar-refractivity contribution < 1.29 is 23.6 Å². The summed E-state index contributed by atoms with van der Waals surface area (Å²) in [6, 6.07) is 16.4. The Morgan fingerprint density at radius 1 is 1.09 bits per heavy atom. The molecule has 0 aliphatic rings. The van der Waals surface area contributed by atoms with Gasteiger partial charge in [0.05, 0.1) is 4.92 Å². The molecule has 3 aromatic carbocycles. The van der Waals surface area contributed by atoms with Gasteiger partial charge in [0, 0.05) is 23.2 Å². The number of anilines is 1. The number of amides is 2. The van der Waals surface area contributed by atoms with Gasteiger partial charge in [-0.15, -0.1) is 0 Å². The van der Waals surface area contributed by atoms with E-state index in [0.29, 0.717) is 5.02 Å². The van der Waals surface area contributed by atoms with Crippen molar-refractivity contribution in [2.24, 2.45) is 0 Å². The second-order valence-electron chi connectivity index (χ2n) is 7.07. The van der Waals surface area contributed by atoms with E-state index in [9.17, 15) is 24.1 Å². The van der Waals surface area contributed by atoms with E-state index in [2.05, 4.69) is 16.2 Å². The number of carbonyl (C=O) groups is 2. The Morgan fingerprint density at radius 2 is 1.79 bits per heavy atom. The van der Waals surface area contributed by atoms with Crippen molar-refractivity contribution in [3.63, 3.8) is 0 Å². The van der Waals surface area contributed by atoms with Crippen LogP contribution in [0.15, 0.2) is 66.7 Å². The summed E-state index contributed by atoms with van der Waals surface area (Å²) >= 11 is 6.11. The molecule has 0 aliphatic carbocycles. The lowest BCUT2D eigenvalue weighted by Crippen LogP contribution is -2.47. The molecule has 3 N–H and O–H groups in total. The Kier molecular flexibility index (Phi) is 7.99. The number of ether oxygens (including phenoxy) is 1. The first-order valence-electron chi connectivity index (χ1n) is 10.0. The van der Waals surface area contributed by atoms with Crippen molar-refractivity contribution >= 4 is 34.8 Å². The molecule has 0 saturated heterocycles. The lowest BCUT2D eigenvalue weighted by atomic mass is 10.1. The van der Waals surface area contributed by atoms with Gasteiger partial charge in [0.1, 0.15) is 5.69 Å². The highest BCUT2D eigenvalue weighted by molar-refractivity contribution is 6.31. The molecule has 2 amide bonds. The molecule has 3 rings (SSSR count). The zero-order valence-corrected chi connectivity index (χ0v) is 18.6. The van der Waals surface area contributed by atoms with Gasteiger partial charge in [-0.05, 0) is 42.8 Å². The van der Waals surface area contributed by atoms with Crippen molar-refractivity contribution in [3.8, 4) is 5.75 Å². The number of hydrogen-bond acceptors (Lipinski definition) is 6. The number of para-hydroxylation sites is 1. The molecule has 34 heavy (non-hydrogen) atoms. The third-order valence-corrected chi connectivity index (χ3v) is 5.06. The molecule has 0 fully saturated rings. The Hall–Kier alpha value is -4.18. The van der Waals surface area contributed by atoms with Crippen molar-refractivity contribution in [1.82, 2.24) is 10.9 Å². The monoisotopic (exact) mass is 486 g/mol. The summed E-state index contributed by atoms with van der Waals surface area (Å²) in [6.07, 6.45) is -1.12. The molecule has 0 radical (unpaired) electrons. The van der Waals surface area contributed by atoms with Gasteiger partial charge < -0.3 is 10.1 Å². The number of nitro groups is 1. The summed E-state index contributed by atoms with van der Waals surface area (Å²) in [7, 11) is 0. The zero-order valence-electron chi connectivity index (χ0n) is 17.9. The van der Waals surface area contributed by atoms with Crippen LogP contribution in [0.25, 0.3) is 0 Å². The molecule has 1 unspecified atom stereocenters. The largest absolute Gasteiger partial charge is 0.478 e. The molecule has 0 spiro atoms. The maximum atomic E-state index is 13.7. The van der Waals surface area contributed by atoms with Gasteiger partial charge in [-0.3, -0.25) is 30.6 Å². The molecular weight excluding hydrogens is 467 g/mol. The molecule has 0 heterocycles. The predicted octanol–water partition coefficient (Wildman–Crippen LogP) is 4.23. The fraction of sp³-hybridized carbons (Fsp3) is 0.130. The maximum absolute atomic E-state index is 13.7. The first-order valence-corrected chi connectivity index (χ1v) is 10.4. The van der Waals surface area contributed by atoms with Crippen LogP contribution in [0.3, 0.4) is 0 Å². The zero-order chi connectivity index (χ0) is 24.7. The van der Waals surface area contributed by atoms with Crippen LogP contribution < -0.4 is 20.9 Å². The summed E-state index contributed by atoms with van der Waals surface area (Å²) in [4.78, 5) is 35.5. The summed E-state index contributed by atoms with van der Waals surface area (Å²) in [6.45, 7) is 1.61. The number of nitrogens with zero attached hydrogens (tertiary/aromatic N) is 1. The van der Waals surface area contributed by atoms with Crippen LogP contribution in [0, 0.1) is 15.9 Å². The number of nitrogens with one attached hydrogen (secondary N) is 3. The van der Waals surface area contributed by atoms with Gasteiger partial charge in [0.2, 0.25) is 0 Å². The van der Waals surface area contributed by atoms with Crippen LogP contribution in [0.4, 0.5) is 15.8 Å². The molecular formula is C23H20ClFN4O5. The van der Waals surface area contributed by atoms with Gasteiger partial charge in [-0.25, -0.2) is 4.39 Å². The average Bonchev–Trinajstić information content (AvgIpc) is 2.83. The van der Waals surface area contributed by atoms with E-state index in [4.69, 9.17) is 16.3 Å². The fourth-order valence-corrected chi connectivity index (χ4v) is 3.08. The van der Waals surface area contributed by atoms with Crippen LogP contribution in [0.2, 0.25) is 5.02 Å². The first-order chi connectivity index (χ1) is 16.3. The standard InChI is InChI=1S/C23H20ClFN4O5/c1-14(34-21-9-5-4-8-18(21)25)22(30)27-28-23(31)15-10-11-19(20(12-15)29(32)33)26-13-16-6-2-3-7-17(16)24/h2-12,14,26H,13H2,1H3,(H,27,30)(H,28,31). The summed E-state index contributed by atoms with van der Waals surface area (Å²) in [5.74, 6) is -2.29. The molecule has 176 valence electrons. The minimum atomic E-state index is -1.12. The quantitative estimate of drug-likeness (QED) is 0.323. The number of hydrogen-bond donors (Lipinski definition) is 3. The highest BCUT2D eigenvalue weighted by Crippen LogP contribution is 2.27. The molecule has 0 bridgehead atoms. The number of benzene rings is 3. The Morgan fingerprint density at radius 3 is 2.50 bits per heavy atom.